The molecule has 2 aromatic heterocycles. The van der Waals surface area contributed by atoms with E-state index >= 15 is 0 Å². The van der Waals surface area contributed by atoms with E-state index in [0.717, 1.165) is 11.6 Å². The molecule has 0 aliphatic heterocycles. The number of aromatic nitrogens is 1. The van der Waals surface area contributed by atoms with Crippen molar-refractivity contribution < 1.29 is 17.9 Å². The highest BCUT2D eigenvalue weighted by molar-refractivity contribution is 7.89. The summed E-state index contributed by atoms with van der Waals surface area (Å²) in [5, 5.41) is 0.759. The van der Waals surface area contributed by atoms with Crippen molar-refractivity contribution in [3.63, 3.8) is 0 Å². The molecule has 0 saturated heterocycles. The molecule has 0 fully saturated rings. The summed E-state index contributed by atoms with van der Waals surface area (Å²) in [6, 6.07) is 10.4. The maximum atomic E-state index is 12.6. The summed E-state index contributed by atoms with van der Waals surface area (Å²) in [5.41, 5.74) is 1.18. The van der Waals surface area contributed by atoms with E-state index < -0.39 is 10.0 Å². The molecule has 0 saturated carbocycles. The number of nitrogens with zero attached hydrogens (tertiary/aromatic N) is 1. The van der Waals surface area contributed by atoms with Gasteiger partial charge in [-0.25, -0.2) is 12.4 Å². The topological polar surface area (TPSA) is 65.4 Å². The lowest BCUT2D eigenvalue weighted by molar-refractivity contribution is 0.104. The Balaban J connectivity index is 2.06. The number of methoxy groups -OCH3 is 1. The molecule has 2 heterocycles. The zero-order valence-corrected chi connectivity index (χ0v) is 14.5. The van der Waals surface area contributed by atoms with E-state index in [0.29, 0.717) is 26.7 Å². The quantitative estimate of drug-likeness (QED) is 0.679. The average Bonchev–Trinajstić information content (AvgIpc) is 3.01. The first-order chi connectivity index (χ1) is 10.8. The summed E-state index contributed by atoms with van der Waals surface area (Å²) < 4.78 is 30.2. The fourth-order valence-electron chi connectivity index (χ4n) is 2.51. The highest BCUT2D eigenvalue weighted by Gasteiger charge is 2.20. The molecule has 0 N–H and O–H groups in total. The maximum Gasteiger partial charge on any atom is 0.236 e. The lowest BCUT2D eigenvalue weighted by Gasteiger charge is -2.03. The van der Waals surface area contributed by atoms with Gasteiger partial charge in [0.25, 0.3) is 0 Å². The molecule has 120 valence electrons. The number of carbonyl (C=O) groups excluding carboxylic acids is 1. The van der Waals surface area contributed by atoms with Crippen molar-refractivity contribution in [1.82, 2.24) is 3.97 Å². The number of ketones is 1. The molecule has 1 aromatic carbocycles. The molecule has 0 aliphatic rings. The monoisotopic (exact) mass is 349 g/mol. The second-order valence-corrected chi connectivity index (χ2v) is 8.10. The Morgan fingerprint density at radius 2 is 1.83 bits per heavy atom. The van der Waals surface area contributed by atoms with Gasteiger partial charge >= 0.3 is 0 Å². The van der Waals surface area contributed by atoms with Crippen molar-refractivity contribution in [3.05, 3.63) is 52.5 Å². The third-order valence-corrected chi connectivity index (χ3v) is 5.90. The SMILES string of the molecule is COc1ccc(C(=O)c2cc3cc(C)n(S(C)(=O)=O)c3s2)cc1. The van der Waals surface area contributed by atoms with E-state index in [1.807, 2.05) is 0 Å². The Hall–Kier alpha value is -2.12. The third kappa shape index (κ3) is 2.77. The number of ether oxygens (including phenoxy) is 1. The molecule has 0 spiro atoms. The van der Waals surface area contributed by atoms with Crippen LogP contribution in [0.3, 0.4) is 0 Å². The van der Waals surface area contributed by atoms with Crippen LogP contribution in [0.2, 0.25) is 0 Å². The Morgan fingerprint density at radius 3 is 2.39 bits per heavy atom. The molecular weight excluding hydrogens is 334 g/mol. The number of thiophene rings is 1. The van der Waals surface area contributed by atoms with Gasteiger partial charge in [0, 0.05) is 16.6 Å². The fraction of sp³-hybridized carbons (Fsp3) is 0.188. The number of fused-ring (bicyclic) bond motifs is 1. The van der Waals surface area contributed by atoms with Crippen molar-refractivity contribution >= 4 is 37.4 Å². The van der Waals surface area contributed by atoms with E-state index in [1.165, 1.54) is 15.3 Å². The second kappa shape index (κ2) is 5.50. The first-order valence-corrected chi connectivity index (χ1v) is 9.49. The summed E-state index contributed by atoms with van der Waals surface area (Å²) in [5.74, 6) is 0.545. The molecule has 0 unspecified atom stereocenters. The van der Waals surface area contributed by atoms with Crippen LogP contribution in [0.1, 0.15) is 20.9 Å². The third-order valence-electron chi connectivity index (χ3n) is 3.52. The molecule has 0 aliphatic carbocycles. The van der Waals surface area contributed by atoms with Crippen LogP contribution in [0.5, 0.6) is 5.75 Å². The molecule has 0 atom stereocenters. The van der Waals surface area contributed by atoms with Crippen LogP contribution in [0, 0.1) is 6.92 Å². The van der Waals surface area contributed by atoms with E-state index in [-0.39, 0.29) is 5.78 Å². The normalized spacial score (nSPS) is 11.8. The number of benzene rings is 1. The number of hydrogen-bond donors (Lipinski definition) is 0. The van der Waals surface area contributed by atoms with E-state index in [9.17, 15) is 13.2 Å². The van der Waals surface area contributed by atoms with Crippen molar-refractivity contribution in [3.8, 4) is 5.75 Å². The van der Waals surface area contributed by atoms with E-state index in [2.05, 4.69) is 0 Å². The van der Waals surface area contributed by atoms with Crippen molar-refractivity contribution in [1.29, 1.82) is 0 Å². The van der Waals surface area contributed by atoms with Gasteiger partial charge in [0.2, 0.25) is 15.8 Å². The first-order valence-electron chi connectivity index (χ1n) is 6.82. The van der Waals surface area contributed by atoms with Crippen LogP contribution in [-0.2, 0) is 10.0 Å². The van der Waals surface area contributed by atoms with Gasteiger partial charge in [-0.3, -0.25) is 4.79 Å². The van der Waals surface area contributed by atoms with Gasteiger partial charge in [-0.15, -0.1) is 11.3 Å². The number of carbonyl (C=O) groups is 1. The van der Waals surface area contributed by atoms with Gasteiger partial charge in [0.15, 0.2) is 0 Å². The van der Waals surface area contributed by atoms with Crippen LogP contribution < -0.4 is 4.74 Å². The molecule has 23 heavy (non-hydrogen) atoms. The Labute approximate surface area is 138 Å². The number of hydrogen-bond acceptors (Lipinski definition) is 5. The zero-order chi connectivity index (χ0) is 16.8. The lowest BCUT2D eigenvalue weighted by atomic mass is 10.1. The minimum absolute atomic E-state index is 0.133. The highest BCUT2D eigenvalue weighted by Crippen LogP contribution is 2.31. The maximum absolute atomic E-state index is 12.6. The fourth-order valence-corrected chi connectivity index (χ4v) is 5.08. The lowest BCUT2D eigenvalue weighted by Crippen LogP contribution is -2.10. The Morgan fingerprint density at radius 1 is 1.17 bits per heavy atom. The summed E-state index contributed by atoms with van der Waals surface area (Å²) in [4.78, 5) is 13.7. The molecular formula is C16H15NO4S2. The van der Waals surface area contributed by atoms with E-state index in [1.54, 1.807) is 50.4 Å². The van der Waals surface area contributed by atoms with Crippen molar-refractivity contribution in [2.45, 2.75) is 6.92 Å². The van der Waals surface area contributed by atoms with Crippen LogP contribution in [0.15, 0.2) is 36.4 Å². The predicted molar refractivity (Wildman–Crippen MR) is 91.2 cm³/mol. The van der Waals surface area contributed by atoms with Gasteiger partial charge in [-0.1, -0.05) is 0 Å². The summed E-state index contributed by atoms with van der Waals surface area (Å²) in [6.07, 6.45) is 1.16. The largest absolute Gasteiger partial charge is 0.497 e. The van der Waals surface area contributed by atoms with Crippen LogP contribution in [-0.4, -0.2) is 31.5 Å². The molecule has 0 amide bonds. The van der Waals surface area contributed by atoms with Crippen LogP contribution in [0.4, 0.5) is 0 Å². The highest BCUT2D eigenvalue weighted by atomic mass is 32.2. The van der Waals surface area contributed by atoms with Gasteiger partial charge in [0.05, 0.1) is 18.2 Å². The molecule has 0 bridgehead atoms. The summed E-state index contributed by atoms with van der Waals surface area (Å²) >= 11 is 1.19. The number of rotatable bonds is 4. The predicted octanol–water partition coefficient (Wildman–Crippen LogP) is 3.06. The summed E-state index contributed by atoms with van der Waals surface area (Å²) in [7, 11) is -1.84. The van der Waals surface area contributed by atoms with Gasteiger partial charge < -0.3 is 4.74 Å². The van der Waals surface area contributed by atoms with Crippen LogP contribution in [0.25, 0.3) is 10.2 Å². The van der Waals surface area contributed by atoms with Crippen molar-refractivity contribution in [2.24, 2.45) is 0 Å². The van der Waals surface area contributed by atoms with Crippen molar-refractivity contribution in [2.75, 3.05) is 13.4 Å². The minimum atomic E-state index is -3.40. The minimum Gasteiger partial charge on any atom is -0.497 e. The molecule has 7 heteroatoms. The Kier molecular flexibility index (Phi) is 3.77. The standard InChI is InChI=1S/C16H15NO4S2/c1-10-8-12-9-14(22-16(12)17(10)23(3,19)20)15(18)11-4-6-13(21-2)7-5-11/h4-9H,1-3H3. The average molecular weight is 349 g/mol. The zero-order valence-electron chi connectivity index (χ0n) is 12.9. The first kappa shape index (κ1) is 15.8. The van der Waals surface area contributed by atoms with Crippen LogP contribution >= 0.6 is 11.3 Å². The summed E-state index contributed by atoms with van der Waals surface area (Å²) in [6.45, 7) is 1.73. The molecule has 3 aromatic rings. The number of aryl methyl sites for hydroxylation is 1. The molecule has 0 radical (unpaired) electrons. The smallest absolute Gasteiger partial charge is 0.236 e. The Bertz CT molecular complexity index is 995. The second-order valence-electron chi connectivity index (χ2n) is 5.24. The molecule has 5 nitrogen and oxygen atoms in total. The van der Waals surface area contributed by atoms with Gasteiger partial charge in [-0.05, 0) is 43.3 Å². The van der Waals surface area contributed by atoms with E-state index in [4.69, 9.17) is 4.74 Å². The molecule has 3 rings (SSSR count). The van der Waals surface area contributed by atoms with Gasteiger partial charge in [0.1, 0.15) is 10.6 Å². The van der Waals surface area contributed by atoms with Gasteiger partial charge in [-0.2, -0.15) is 0 Å².